The van der Waals surface area contributed by atoms with Crippen molar-refractivity contribution in [2.45, 2.75) is 19.6 Å². The Morgan fingerprint density at radius 2 is 1.96 bits per heavy atom. The number of hydrogen-bond donors (Lipinski definition) is 3. The maximum Gasteiger partial charge on any atom is 0.322 e. The van der Waals surface area contributed by atoms with Gasteiger partial charge in [-0.15, -0.1) is 0 Å². The molecule has 1 amide bonds. The lowest BCUT2D eigenvalue weighted by molar-refractivity contribution is -0.135. The first-order valence-electron chi connectivity index (χ1n) is 8.18. The molecule has 0 bridgehead atoms. The molecule has 9 heteroatoms. The fourth-order valence-corrected chi connectivity index (χ4v) is 3.09. The van der Waals surface area contributed by atoms with Crippen molar-refractivity contribution in [3.8, 4) is 5.75 Å². The first-order chi connectivity index (χ1) is 12.9. The molecule has 0 saturated carbocycles. The second-order valence-electron chi connectivity index (χ2n) is 6.05. The number of aromatic hydroxyl groups is 1. The number of amides is 1. The monoisotopic (exact) mass is 392 g/mol. The van der Waals surface area contributed by atoms with Gasteiger partial charge < -0.3 is 24.8 Å². The first kappa shape index (κ1) is 18.9. The average Bonchev–Trinajstić information content (AvgIpc) is 2.65. The average molecular weight is 393 g/mol. The van der Waals surface area contributed by atoms with Gasteiger partial charge in [-0.05, 0) is 17.7 Å². The van der Waals surface area contributed by atoms with Crippen LogP contribution in [0, 0.1) is 0 Å². The van der Waals surface area contributed by atoms with Crippen LogP contribution in [0.1, 0.15) is 27.2 Å². The second-order valence-corrected chi connectivity index (χ2v) is 6.48. The Labute approximate surface area is 159 Å². The van der Waals surface area contributed by atoms with Gasteiger partial charge in [-0.25, -0.2) is 0 Å². The van der Waals surface area contributed by atoms with Crippen LogP contribution in [0.4, 0.5) is 0 Å². The summed E-state index contributed by atoms with van der Waals surface area (Å²) in [5.74, 6) is -2.61. The molecule has 1 aromatic heterocycles. The van der Waals surface area contributed by atoms with Gasteiger partial charge in [0.15, 0.2) is 0 Å². The minimum absolute atomic E-state index is 0.128. The fraction of sp³-hybridized carbons (Fsp3) is 0.278. The molecular weight excluding hydrogens is 376 g/mol. The molecule has 2 aromatic rings. The number of carbonyl (C=O) groups excluding carboxylic acids is 1. The molecule has 3 rings (SSSR count). The molecule has 142 valence electrons. The van der Waals surface area contributed by atoms with E-state index in [9.17, 15) is 19.5 Å². The number of nitrogens with one attached hydrogen (secondary N) is 1. The summed E-state index contributed by atoms with van der Waals surface area (Å²) >= 11 is 5.89. The van der Waals surface area contributed by atoms with Crippen LogP contribution in [0.5, 0.6) is 5.75 Å². The quantitative estimate of drug-likeness (QED) is 0.702. The van der Waals surface area contributed by atoms with Crippen molar-refractivity contribution in [3.05, 3.63) is 62.0 Å². The van der Waals surface area contributed by atoms with Crippen LogP contribution < -0.4 is 10.9 Å². The summed E-state index contributed by atoms with van der Waals surface area (Å²) in [5.41, 5.74) is 0.543. The SMILES string of the molecule is O=C(O)CNC(=O)c1c(O)c2c(n(Cc3ccc(Cl)cc3)c1=O)COCC2. The lowest BCUT2D eigenvalue weighted by atomic mass is 10.0. The van der Waals surface area contributed by atoms with Crippen LogP contribution in [0.3, 0.4) is 0 Å². The standard InChI is InChI=1S/C18H17ClN2O6/c19-11-3-1-10(2-4-11)8-21-13-9-27-6-5-12(13)16(24)15(18(21)26)17(25)20-7-14(22)23/h1-4,24H,5-9H2,(H,20,25)(H,22,23). The summed E-state index contributed by atoms with van der Waals surface area (Å²) in [7, 11) is 0. The Bertz CT molecular complexity index is 952. The van der Waals surface area contributed by atoms with Crippen molar-refractivity contribution in [1.82, 2.24) is 9.88 Å². The van der Waals surface area contributed by atoms with Crippen molar-refractivity contribution in [2.24, 2.45) is 0 Å². The zero-order valence-corrected chi connectivity index (χ0v) is 15.0. The molecule has 0 spiro atoms. The zero-order chi connectivity index (χ0) is 19.6. The number of carboxylic acid groups (broad SMARTS) is 1. The molecule has 0 aliphatic carbocycles. The number of benzene rings is 1. The van der Waals surface area contributed by atoms with E-state index >= 15 is 0 Å². The largest absolute Gasteiger partial charge is 0.507 e. The summed E-state index contributed by atoms with van der Waals surface area (Å²) in [4.78, 5) is 35.9. The highest BCUT2D eigenvalue weighted by atomic mass is 35.5. The third-order valence-electron chi connectivity index (χ3n) is 4.27. The number of halogens is 1. The smallest absolute Gasteiger partial charge is 0.322 e. The molecule has 27 heavy (non-hydrogen) atoms. The third-order valence-corrected chi connectivity index (χ3v) is 4.52. The van der Waals surface area contributed by atoms with Crippen LogP contribution in [-0.4, -0.2) is 39.8 Å². The number of carboxylic acids is 1. The van der Waals surface area contributed by atoms with E-state index in [4.69, 9.17) is 21.4 Å². The van der Waals surface area contributed by atoms with Crippen molar-refractivity contribution >= 4 is 23.5 Å². The van der Waals surface area contributed by atoms with Crippen LogP contribution in [0.15, 0.2) is 29.1 Å². The van der Waals surface area contributed by atoms with E-state index in [1.54, 1.807) is 24.3 Å². The Hall–Kier alpha value is -2.84. The Morgan fingerprint density at radius 1 is 1.26 bits per heavy atom. The molecule has 1 aliphatic rings. The minimum Gasteiger partial charge on any atom is -0.507 e. The summed E-state index contributed by atoms with van der Waals surface area (Å²) in [6, 6.07) is 6.88. The number of nitrogens with zero attached hydrogens (tertiary/aromatic N) is 1. The van der Waals surface area contributed by atoms with Gasteiger partial charge in [-0.2, -0.15) is 0 Å². The molecule has 0 atom stereocenters. The molecule has 8 nitrogen and oxygen atoms in total. The van der Waals surface area contributed by atoms with Gasteiger partial charge in [0.2, 0.25) is 0 Å². The molecule has 0 unspecified atom stereocenters. The van der Waals surface area contributed by atoms with E-state index < -0.39 is 35.3 Å². The summed E-state index contributed by atoms with van der Waals surface area (Å²) in [5, 5.41) is 21.9. The van der Waals surface area contributed by atoms with Crippen LogP contribution in [0.25, 0.3) is 0 Å². The summed E-state index contributed by atoms with van der Waals surface area (Å²) in [6.45, 7) is -0.0328. The molecule has 0 fully saturated rings. The maximum absolute atomic E-state index is 12.9. The number of fused-ring (bicyclic) bond motifs is 1. The summed E-state index contributed by atoms with van der Waals surface area (Å²) < 4.78 is 6.78. The van der Waals surface area contributed by atoms with Crippen LogP contribution >= 0.6 is 11.6 Å². The molecule has 2 heterocycles. The molecular formula is C18H17ClN2O6. The predicted molar refractivity (Wildman–Crippen MR) is 96.2 cm³/mol. The van der Waals surface area contributed by atoms with Gasteiger partial charge >= 0.3 is 5.97 Å². The topological polar surface area (TPSA) is 118 Å². The second kappa shape index (κ2) is 7.81. The fourth-order valence-electron chi connectivity index (χ4n) is 2.97. The Kier molecular flexibility index (Phi) is 5.48. The summed E-state index contributed by atoms with van der Waals surface area (Å²) in [6.07, 6.45) is 0.335. The minimum atomic E-state index is -1.25. The normalized spacial score (nSPS) is 13.1. The first-order valence-corrected chi connectivity index (χ1v) is 8.56. The van der Waals surface area contributed by atoms with E-state index in [2.05, 4.69) is 5.32 Å². The van der Waals surface area contributed by atoms with Crippen molar-refractivity contribution < 1.29 is 24.5 Å². The van der Waals surface area contributed by atoms with Crippen molar-refractivity contribution in [3.63, 3.8) is 0 Å². The van der Waals surface area contributed by atoms with E-state index in [1.807, 2.05) is 0 Å². The maximum atomic E-state index is 12.9. The number of ether oxygens (including phenoxy) is 1. The predicted octanol–water partition coefficient (Wildman–Crippen LogP) is 1.14. The van der Waals surface area contributed by atoms with Crippen molar-refractivity contribution in [1.29, 1.82) is 0 Å². The van der Waals surface area contributed by atoms with Gasteiger partial charge in [0.1, 0.15) is 17.9 Å². The van der Waals surface area contributed by atoms with Gasteiger partial charge in [0, 0.05) is 17.0 Å². The molecule has 3 N–H and O–H groups in total. The highest BCUT2D eigenvalue weighted by Gasteiger charge is 2.27. The van der Waals surface area contributed by atoms with Gasteiger partial charge in [0.05, 0.1) is 25.5 Å². The number of aromatic nitrogens is 1. The third kappa shape index (κ3) is 3.96. The lowest BCUT2D eigenvalue weighted by Gasteiger charge is -2.24. The van der Waals surface area contributed by atoms with E-state index in [-0.39, 0.29) is 13.2 Å². The van der Waals surface area contributed by atoms with Gasteiger partial charge in [0.25, 0.3) is 11.5 Å². The van der Waals surface area contributed by atoms with Gasteiger partial charge in [-0.3, -0.25) is 14.4 Å². The molecule has 1 aromatic carbocycles. The lowest BCUT2D eigenvalue weighted by Crippen LogP contribution is -2.38. The highest BCUT2D eigenvalue weighted by molar-refractivity contribution is 6.30. The number of hydrogen-bond acceptors (Lipinski definition) is 5. The molecule has 0 saturated heterocycles. The number of pyridine rings is 1. The number of carbonyl (C=O) groups is 2. The Balaban J connectivity index is 2.09. The Morgan fingerprint density at radius 3 is 2.63 bits per heavy atom. The van der Waals surface area contributed by atoms with E-state index in [0.29, 0.717) is 29.3 Å². The number of rotatable bonds is 5. The zero-order valence-electron chi connectivity index (χ0n) is 14.2. The van der Waals surface area contributed by atoms with Crippen LogP contribution in [-0.2, 0) is 29.1 Å². The van der Waals surface area contributed by atoms with E-state index in [0.717, 1.165) is 5.56 Å². The van der Waals surface area contributed by atoms with E-state index in [1.165, 1.54) is 4.57 Å². The van der Waals surface area contributed by atoms with Gasteiger partial charge in [-0.1, -0.05) is 23.7 Å². The molecule has 0 radical (unpaired) electrons. The van der Waals surface area contributed by atoms with Crippen LogP contribution in [0.2, 0.25) is 5.02 Å². The highest BCUT2D eigenvalue weighted by Crippen LogP contribution is 2.28. The molecule has 1 aliphatic heterocycles. The van der Waals surface area contributed by atoms with Crippen molar-refractivity contribution in [2.75, 3.05) is 13.2 Å². The number of aliphatic carboxylic acids is 1.